The van der Waals surface area contributed by atoms with E-state index in [1.54, 1.807) is 6.07 Å². The van der Waals surface area contributed by atoms with Crippen LogP contribution in [-0.4, -0.2) is 13.1 Å². The Kier molecular flexibility index (Phi) is 4.80. The molecule has 0 spiro atoms. The third-order valence-electron chi connectivity index (χ3n) is 2.81. The summed E-state index contributed by atoms with van der Waals surface area (Å²) in [6.45, 7) is 0. The number of ether oxygens (including phenoxy) is 1. The van der Waals surface area contributed by atoms with E-state index in [0.717, 1.165) is 0 Å². The van der Waals surface area contributed by atoms with Crippen LogP contribution in [-0.2, 0) is 10.5 Å². The number of hydrogen-bond acceptors (Lipinski definition) is 4. The van der Waals surface area contributed by atoms with E-state index in [9.17, 15) is 13.6 Å². The van der Waals surface area contributed by atoms with Crippen LogP contribution in [0.5, 0.6) is 0 Å². The minimum atomic E-state index is -0.721. The van der Waals surface area contributed by atoms with Crippen LogP contribution in [0.15, 0.2) is 41.3 Å². The number of carbonyl (C=O) groups is 1. The van der Waals surface area contributed by atoms with E-state index in [-0.39, 0.29) is 11.4 Å². The van der Waals surface area contributed by atoms with Crippen molar-refractivity contribution >= 4 is 23.4 Å². The zero-order valence-electron chi connectivity index (χ0n) is 11.2. The van der Waals surface area contributed by atoms with Gasteiger partial charge < -0.3 is 10.5 Å². The lowest BCUT2D eigenvalue weighted by Gasteiger charge is -2.07. The van der Waals surface area contributed by atoms with Gasteiger partial charge >= 0.3 is 5.97 Å². The van der Waals surface area contributed by atoms with Gasteiger partial charge in [0.2, 0.25) is 0 Å². The molecule has 0 saturated heterocycles. The van der Waals surface area contributed by atoms with Crippen molar-refractivity contribution in [3.05, 3.63) is 59.2 Å². The predicted octanol–water partition coefficient (Wildman–Crippen LogP) is 3.63. The lowest BCUT2D eigenvalue weighted by Crippen LogP contribution is -2.04. The summed E-state index contributed by atoms with van der Waals surface area (Å²) in [6, 6.07) is 8.35. The highest BCUT2D eigenvalue weighted by Crippen LogP contribution is 2.29. The maximum atomic E-state index is 13.8. The molecule has 2 rings (SSSR count). The first-order valence-corrected chi connectivity index (χ1v) is 7.04. The lowest BCUT2D eigenvalue weighted by molar-refractivity contribution is 0.0595. The molecule has 0 saturated carbocycles. The molecule has 0 aliphatic carbocycles. The molecule has 0 fully saturated rings. The average molecular weight is 309 g/mol. The molecule has 0 aromatic heterocycles. The third kappa shape index (κ3) is 3.72. The fraction of sp³-hybridized carbons (Fsp3) is 0.133. The zero-order valence-corrected chi connectivity index (χ0v) is 12.0. The Morgan fingerprint density at radius 2 is 2.00 bits per heavy atom. The average Bonchev–Trinajstić information content (AvgIpc) is 2.47. The molecule has 0 heterocycles. The number of nitrogen functional groups attached to an aromatic ring is 1. The Morgan fingerprint density at radius 3 is 2.67 bits per heavy atom. The number of anilines is 1. The van der Waals surface area contributed by atoms with Gasteiger partial charge in [-0.25, -0.2) is 13.6 Å². The van der Waals surface area contributed by atoms with E-state index < -0.39 is 11.8 Å². The van der Waals surface area contributed by atoms with Crippen molar-refractivity contribution in [1.29, 1.82) is 0 Å². The van der Waals surface area contributed by atoms with E-state index in [0.29, 0.717) is 21.9 Å². The summed E-state index contributed by atoms with van der Waals surface area (Å²) in [5.41, 5.74) is 6.75. The molecule has 0 radical (unpaired) electrons. The molecule has 6 heteroatoms. The van der Waals surface area contributed by atoms with Crippen LogP contribution >= 0.6 is 11.8 Å². The zero-order chi connectivity index (χ0) is 15.4. The van der Waals surface area contributed by atoms with Crippen molar-refractivity contribution in [2.24, 2.45) is 0 Å². The number of benzene rings is 2. The van der Waals surface area contributed by atoms with Gasteiger partial charge in [-0.15, -0.1) is 11.8 Å². The van der Waals surface area contributed by atoms with Gasteiger partial charge in [-0.1, -0.05) is 6.07 Å². The number of methoxy groups -OCH3 is 1. The molecular weight excluding hydrogens is 296 g/mol. The molecule has 0 unspecified atom stereocenters. The summed E-state index contributed by atoms with van der Waals surface area (Å²) in [4.78, 5) is 11.9. The van der Waals surface area contributed by atoms with Crippen molar-refractivity contribution < 1.29 is 18.3 Å². The number of rotatable bonds is 4. The fourth-order valence-electron chi connectivity index (χ4n) is 1.72. The summed E-state index contributed by atoms with van der Waals surface area (Å²) in [5.74, 6) is -1.33. The van der Waals surface area contributed by atoms with Crippen LogP contribution in [0.2, 0.25) is 0 Å². The van der Waals surface area contributed by atoms with Crippen LogP contribution < -0.4 is 5.73 Å². The molecule has 0 aliphatic rings. The van der Waals surface area contributed by atoms with Gasteiger partial charge in [0.1, 0.15) is 11.6 Å². The summed E-state index contributed by atoms with van der Waals surface area (Å²) in [6.07, 6.45) is 0. The number of halogens is 2. The Bertz CT molecular complexity index is 677. The maximum absolute atomic E-state index is 13.8. The van der Waals surface area contributed by atoms with Crippen LogP contribution in [0.4, 0.5) is 14.5 Å². The largest absolute Gasteiger partial charge is 0.465 e. The van der Waals surface area contributed by atoms with Crippen molar-refractivity contribution in [2.75, 3.05) is 12.8 Å². The summed E-state index contributed by atoms with van der Waals surface area (Å²) < 4.78 is 31.4. The van der Waals surface area contributed by atoms with Crippen LogP contribution in [0, 0.1) is 11.6 Å². The van der Waals surface area contributed by atoms with Crippen LogP contribution in [0.1, 0.15) is 15.9 Å². The smallest absolute Gasteiger partial charge is 0.340 e. The Balaban J connectivity index is 2.12. The predicted molar refractivity (Wildman–Crippen MR) is 78.1 cm³/mol. The molecule has 110 valence electrons. The monoisotopic (exact) mass is 309 g/mol. The van der Waals surface area contributed by atoms with E-state index in [1.165, 1.54) is 49.2 Å². The first kappa shape index (κ1) is 15.3. The molecule has 0 aliphatic heterocycles. The summed E-state index contributed by atoms with van der Waals surface area (Å²) in [7, 11) is 1.19. The highest BCUT2D eigenvalue weighted by molar-refractivity contribution is 7.98. The minimum Gasteiger partial charge on any atom is -0.465 e. The number of esters is 1. The number of thioether (sulfide) groups is 1. The van der Waals surface area contributed by atoms with E-state index >= 15 is 0 Å². The third-order valence-corrected chi connectivity index (χ3v) is 3.95. The van der Waals surface area contributed by atoms with Gasteiger partial charge in [-0.05, 0) is 35.9 Å². The molecule has 2 aromatic rings. The second kappa shape index (κ2) is 6.58. The SMILES string of the molecule is COC(=O)c1ccc(CSc2cc(F)ccc2N)cc1F. The molecule has 3 nitrogen and oxygen atoms in total. The Hall–Kier alpha value is -2.08. The first-order valence-electron chi connectivity index (χ1n) is 6.06. The normalized spacial score (nSPS) is 10.4. The molecule has 0 amide bonds. The Morgan fingerprint density at radius 1 is 1.24 bits per heavy atom. The van der Waals surface area contributed by atoms with Gasteiger partial charge in [0.25, 0.3) is 0 Å². The highest BCUT2D eigenvalue weighted by atomic mass is 32.2. The van der Waals surface area contributed by atoms with Crippen molar-refractivity contribution in [1.82, 2.24) is 0 Å². The first-order chi connectivity index (χ1) is 10.0. The van der Waals surface area contributed by atoms with Crippen molar-refractivity contribution in [3.8, 4) is 0 Å². The molecule has 21 heavy (non-hydrogen) atoms. The van der Waals surface area contributed by atoms with E-state index in [1.807, 2.05) is 0 Å². The fourth-order valence-corrected chi connectivity index (χ4v) is 2.65. The number of hydrogen-bond donors (Lipinski definition) is 1. The Labute approximate surface area is 125 Å². The standard InChI is InChI=1S/C15H13F2NO2S/c1-20-15(19)11-4-2-9(6-12(11)17)8-21-14-7-10(16)3-5-13(14)18/h2-7H,8,18H2,1H3. The molecule has 0 atom stereocenters. The van der Waals surface area contributed by atoms with Gasteiger partial charge in [0, 0.05) is 16.3 Å². The van der Waals surface area contributed by atoms with E-state index in [4.69, 9.17) is 5.73 Å². The second-order valence-corrected chi connectivity index (χ2v) is 5.29. The topological polar surface area (TPSA) is 52.3 Å². The molecule has 0 bridgehead atoms. The van der Waals surface area contributed by atoms with Crippen LogP contribution in [0.3, 0.4) is 0 Å². The lowest BCUT2D eigenvalue weighted by atomic mass is 10.1. The van der Waals surface area contributed by atoms with Gasteiger partial charge in [-0.3, -0.25) is 0 Å². The molecular formula is C15H13F2NO2S. The van der Waals surface area contributed by atoms with Gasteiger partial charge in [-0.2, -0.15) is 0 Å². The molecule has 2 aromatic carbocycles. The minimum absolute atomic E-state index is 0.114. The van der Waals surface area contributed by atoms with Gasteiger partial charge in [0.15, 0.2) is 0 Å². The number of nitrogens with two attached hydrogens (primary N) is 1. The van der Waals surface area contributed by atoms with Crippen molar-refractivity contribution in [2.45, 2.75) is 10.6 Å². The van der Waals surface area contributed by atoms with E-state index in [2.05, 4.69) is 4.74 Å². The summed E-state index contributed by atoms with van der Waals surface area (Å²) >= 11 is 1.30. The number of carbonyl (C=O) groups excluding carboxylic acids is 1. The summed E-state index contributed by atoms with van der Waals surface area (Å²) in [5, 5.41) is 0. The van der Waals surface area contributed by atoms with Crippen molar-refractivity contribution in [3.63, 3.8) is 0 Å². The van der Waals surface area contributed by atoms with Gasteiger partial charge in [0.05, 0.1) is 12.7 Å². The highest BCUT2D eigenvalue weighted by Gasteiger charge is 2.12. The second-order valence-electron chi connectivity index (χ2n) is 4.28. The molecule has 2 N–H and O–H groups in total. The maximum Gasteiger partial charge on any atom is 0.340 e. The van der Waals surface area contributed by atoms with Crippen LogP contribution in [0.25, 0.3) is 0 Å². The quantitative estimate of drug-likeness (QED) is 0.532.